The quantitative estimate of drug-likeness (QED) is 0.206. The number of allylic oxidation sites excluding steroid dienone is 2. The molecule has 28 heavy (non-hydrogen) atoms. The van der Waals surface area contributed by atoms with E-state index in [1.807, 2.05) is 6.07 Å². The van der Waals surface area contributed by atoms with Gasteiger partial charge in [0.05, 0.1) is 6.61 Å². The van der Waals surface area contributed by atoms with E-state index in [0.717, 1.165) is 12.8 Å². The van der Waals surface area contributed by atoms with Gasteiger partial charge >= 0.3 is 5.97 Å². The molecule has 3 nitrogen and oxygen atoms in total. The van der Waals surface area contributed by atoms with Crippen LogP contribution in [0.2, 0.25) is 0 Å². The minimum atomic E-state index is -0.934. The van der Waals surface area contributed by atoms with E-state index in [1.54, 1.807) is 18.2 Å². The Morgan fingerprint density at radius 3 is 1.96 bits per heavy atom. The zero-order chi connectivity index (χ0) is 20.3. The van der Waals surface area contributed by atoms with Gasteiger partial charge in [-0.25, -0.2) is 4.79 Å². The fourth-order valence-electron chi connectivity index (χ4n) is 3.30. The number of hydrogen-bond donors (Lipinski definition) is 1. The number of carbonyl (C=O) groups is 1. The van der Waals surface area contributed by atoms with Crippen LogP contribution in [0.5, 0.6) is 5.75 Å². The lowest BCUT2D eigenvalue weighted by atomic mass is 10.1. The minimum absolute atomic E-state index is 0.243. The molecule has 0 fully saturated rings. The highest BCUT2D eigenvalue weighted by Crippen LogP contribution is 2.18. The fourth-order valence-corrected chi connectivity index (χ4v) is 3.30. The van der Waals surface area contributed by atoms with Crippen molar-refractivity contribution in [1.29, 1.82) is 0 Å². The Morgan fingerprint density at radius 1 is 0.821 bits per heavy atom. The van der Waals surface area contributed by atoms with Gasteiger partial charge in [0.15, 0.2) is 0 Å². The van der Waals surface area contributed by atoms with E-state index in [2.05, 4.69) is 19.1 Å². The lowest BCUT2D eigenvalue weighted by Crippen LogP contribution is -2.04. The van der Waals surface area contributed by atoms with Crippen LogP contribution in [0.15, 0.2) is 36.4 Å². The molecule has 0 amide bonds. The molecule has 1 aromatic carbocycles. The van der Waals surface area contributed by atoms with Crippen LogP contribution in [0.1, 0.15) is 107 Å². The normalized spacial score (nSPS) is 11.2. The van der Waals surface area contributed by atoms with Crippen LogP contribution < -0.4 is 4.74 Å². The molecular formula is C25H40O3. The molecule has 0 aromatic heterocycles. The van der Waals surface area contributed by atoms with Gasteiger partial charge in [0, 0.05) is 0 Å². The smallest absolute Gasteiger partial charge is 0.339 e. The highest BCUT2D eigenvalue weighted by molar-refractivity contribution is 5.90. The monoisotopic (exact) mass is 388 g/mol. The number of unbranched alkanes of at least 4 members (excludes halogenated alkanes) is 12. The Balaban J connectivity index is 1.88. The van der Waals surface area contributed by atoms with Crippen LogP contribution in [-0.2, 0) is 0 Å². The van der Waals surface area contributed by atoms with Crippen molar-refractivity contribution >= 4 is 5.97 Å². The summed E-state index contributed by atoms with van der Waals surface area (Å²) < 4.78 is 5.63. The standard InChI is InChI=1S/C25H40O3/c1-2-3-4-5-6-7-8-9-10-11-12-13-14-15-16-19-22-28-24-21-18-17-20-23(24)25(26)27/h9-10,17-18,20-21H,2-8,11-16,19,22H2,1H3,(H,26,27)/b10-9-. The summed E-state index contributed by atoms with van der Waals surface area (Å²) in [7, 11) is 0. The van der Waals surface area contributed by atoms with Crippen molar-refractivity contribution in [3.63, 3.8) is 0 Å². The Hall–Kier alpha value is -1.77. The van der Waals surface area contributed by atoms with Crippen molar-refractivity contribution in [2.24, 2.45) is 0 Å². The molecule has 0 bridgehead atoms. The van der Waals surface area contributed by atoms with Crippen LogP contribution in [0.3, 0.4) is 0 Å². The van der Waals surface area contributed by atoms with Gasteiger partial charge in [-0.3, -0.25) is 0 Å². The van der Waals surface area contributed by atoms with Gasteiger partial charge in [-0.15, -0.1) is 0 Å². The maximum atomic E-state index is 11.1. The number of rotatable bonds is 18. The van der Waals surface area contributed by atoms with E-state index in [9.17, 15) is 4.79 Å². The summed E-state index contributed by atoms with van der Waals surface area (Å²) in [4.78, 5) is 11.1. The molecule has 0 heterocycles. The van der Waals surface area contributed by atoms with Crippen molar-refractivity contribution in [1.82, 2.24) is 0 Å². The molecule has 1 N–H and O–H groups in total. The SMILES string of the molecule is CCCCCCCC/C=C\CCCCCCCCOc1ccccc1C(=O)O. The third kappa shape index (κ3) is 12.6. The molecule has 0 aliphatic carbocycles. The Bertz CT molecular complexity index is 536. The molecule has 1 rings (SSSR count). The predicted octanol–water partition coefficient (Wildman–Crippen LogP) is 7.80. The van der Waals surface area contributed by atoms with Crippen LogP contribution in [-0.4, -0.2) is 17.7 Å². The fraction of sp³-hybridized carbons (Fsp3) is 0.640. The number of para-hydroxylation sites is 1. The summed E-state index contributed by atoms with van der Waals surface area (Å²) in [6.45, 7) is 2.85. The maximum absolute atomic E-state index is 11.1. The van der Waals surface area contributed by atoms with Gasteiger partial charge in [0.25, 0.3) is 0 Å². The van der Waals surface area contributed by atoms with Crippen LogP contribution in [0, 0.1) is 0 Å². The molecule has 0 saturated carbocycles. The molecule has 0 aliphatic rings. The second-order valence-electron chi connectivity index (χ2n) is 7.59. The largest absolute Gasteiger partial charge is 0.493 e. The van der Waals surface area contributed by atoms with Crippen molar-refractivity contribution in [3.8, 4) is 5.75 Å². The number of aromatic carboxylic acids is 1. The average molecular weight is 389 g/mol. The third-order valence-electron chi connectivity index (χ3n) is 5.03. The Morgan fingerprint density at radius 2 is 1.36 bits per heavy atom. The zero-order valence-corrected chi connectivity index (χ0v) is 17.8. The Labute approximate surface area is 172 Å². The van der Waals surface area contributed by atoms with Crippen molar-refractivity contribution in [2.45, 2.75) is 96.8 Å². The van der Waals surface area contributed by atoms with E-state index in [1.165, 1.54) is 77.0 Å². The molecule has 0 unspecified atom stereocenters. The van der Waals surface area contributed by atoms with E-state index in [4.69, 9.17) is 9.84 Å². The molecular weight excluding hydrogens is 348 g/mol. The summed E-state index contributed by atoms with van der Waals surface area (Å²) in [5.74, 6) is -0.459. The number of ether oxygens (including phenoxy) is 1. The second-order valence-corrected chi connectivity index (χ2v) is 7.59. The molecule has 0 radical (unpaired) electrons. The van der Waals surface area contributed by atoms with Gasteiger partial charge in [-0.2, -0.15) is 0 Å². The van der Waals surface area contributed by atoms with E-state index in [0.29, 0.717) is 12.4 Å². The summed E-state index contributed by atoms with van der Waals surface area (Å²) in [6.07, 6.45) is 22.7. The average Bonchev–Trinajstić information content (AvgIpc) is 2.70. The van der Waals surface area contributed by atoms with Crippen molar-refractivity contribution < 1.29 is 14.6 Å². The lowest BCUT2D eigenvalue weighted by molar-refractivity contribution is 0.0692. The van der Waals surface area contributed by atoms with Crippen LogP contribution in [0.25, 0.3) is 0 Å². The number of carboxylic acid groups (broad SMARTS) is 1. The number of carboxylic acids is 1. The molecule has 0 saturated heterocycles. The highest BCUT2D eigenvalue weighted by atomic mass is 16.5. The first-order valence-electron chi connectivity index (χ1n) is 11.4. The molecule has 1 aromatic rings. The van der Waals surface area contributed by atoms with Crippen LogP contribution in [0.4, 0.5) is 0 Å². The topological polar surface area (TPSA) is 46.5 Å². The maximum Gasteiger partial charge on any atom is 0.339 e. The highest BCUT2D eigenvalue weighted by Gasteiger charge is 2.09. The van der Waals surface area contributed by atoms with E-state index < -0.39 is 5.97 Å². The summed E-state index contributed by atoms with van der Waals surface area (Å²) in [5, 5.41) is 9.12. The van der Waals surface area contributed by atoms with Gasteiger partial charge in [-0.1, -0.05) is 89.0 Å². The third-order valence-corrected chi connectivity index (χ3v) is 5.03. The van der Waals surface area contributed by atoms with Crippen molar-refractivity contribution in [2.75, 3.05) is 6.61 Å². The number of hydrogen-bond acceptors (Lipinski definition) is 2. The molecule has 158 valence electrons. The summed E-state index contributed by atoms with van der Waals surface area (Å²) >= 11 is 0. The number of benzene rings is 1. The second kappa shape index (κ2) is 17.3. The van der Waals surface area contributed by atoms with E-state index >= 15 is 0 Å². The van der Waals surface area contributed by atoms with Gasteiger partial charge in [0.1, 0.15) is 11.3 Å². The zero-order valence-electron chi connectivity index (χ0n) is 17.8. The molecule has 3 heteroatoms. The van der Waals surface area contributed by atoms with E-state index in [-0.39, 0.29) is 5.56 Å². The van der Waals surface area contributed by atoms with Gasteiger partial charge in [0.2, 0.25) is 0 Å². The van der Waals surface area contributed by atoms with Crippen LogP contribution >= 0.6 is 0 Å². The molecule has 0 aliphatic heterocycles. The Kier molecular flexibility index (Phi) is 15.0. The van der Waals surface area contributed by atoms with Gasteiger partial charge in [-0.05, 0) is 44.2 Å². The minimum Gasteiger partial charge on any atom is -0.493 e. The summed E-state index contributed by atoms with van der Waals surface area (Å²) in [5.41, 5.74) is 0.243. The van der Waals surface area contributed by atoms with Gasteiger partial charge < -0.3 is 9.84 Å². The first kappa shape index (κ1) is 24.3. The molecule has 0 atom stereocenters. The predicted molar refractivity (Wildman–Crippen MR) is 118 cm³/mol. The lowest BCUT2D eigenvalue weighted by Gasteiger charge is -2.08. The van der Waals surface area contributed by atoms with Crippen molar-refractivity contribution in [3.05, 3.63) is 42.0 Å². The summed E-state index contributed by atoms with van der Waals surface area (Å²) in [6, 6.07) is 6.84. The first-order valence-corrected chi connectivity index (χ1v) is 11.4. The first-order chi connectivity index (χ1) is 13.8. The molecule has 0 spiro atoms.